The van der Waals surface area contributed by atoms with Crippen LogP contribution in [0.2, 0.25) is 5.02 Å². The first kappa shape index (κ1) is 13.7. The number of benzene rings is 1. The SMILES string of the molecule is CCS(=O)(=O)C(Br)C(=O)c1ccc(Cl)cc1. The molecule has 1 rings (SSSR count). The number of alkyl halides is 1. The summed E-state index contributed by atoms with van der Waals surface area (Å²) in [6.45, 7) is 1.50. The van der Waals surface area contributed by atoms with Crippen molar-refractivity contribution in [3.63, 3.8) is 0 Å². The highest BCUT2D eigenvalue weighted by Crippen LogP contribution is 2.18. The third-order valence-electron chi connectivity index (χ3n) is 2.05. The number of hydrogen-bond donors (Lipinski definition) is 0. The van der Waals surface area contributed by atoms with E-state index in [1.807, 2.05) is 0 Å². The van der Waals surface area contributed by atoms with Crippen LogP contribution in [0.25, 0.3) is 0 Å². The lowest BCUT2D eigenvalue weighted by Gasteiger charge is -2.08. The van der Waals surface area contributed by atoms with Gasteiger partial charge in [0.25, 0.3) is 0 Å². The number of carbonyl (C=O) groups is 1. The third-order valence-corrected chi connectivity index (χ3v) is 6.08. The average Bonchev–Trinajstić information content (AvgIpc) is 2.28. The molecule has 0 heterocycles. The van der Waals surface area contributed by atoms with Crippen LogP contribution in [0, 0.1) is 0 Å². The fraction of sp³-hybridized carbons (Fsp3) is 0.300. The molecule has 0 aliphatic rings. The Kier molecular flexibility index (Phi) is 4.52. The van der Waals surface area contributed by atoms with E-state index in [4.69, 9.17) is 11.6 Å². The average molecular weight is 326 g/mol. The Morgan fingerprint density at radius 2 is 1.88 bits per heavy atom. The van der Waals surface area contributed by atoms with Crippen molar-refractivity contribution in [2.24, 2.45) is 0 Å². The van der Waals surface area contributed by atoms with Gasteiger partial charge in [0.05, 0.1) is 0 Å². The minimum atomic E-state index is -3.42. The third kappa shape index (κ3) is 3.06. The minimum absolute atomic E-state index is 0.0811. The van der Waals surface area contributed by atoms with Crippen LogP contribution >= 0.6 is 27.5 Å². The normalized spacial score (nSPS) is 13.4. The highest BCUT2D eigenvalue weighted by atomic mass is 79.9. The number of carbonyl (C=O) groups excluding carboxylic acids is 1. The van der Waals surface area contributed by atoms with Crippen molar-refractivity contribution < 1.29 is 13.2 Å². The van der Waals surface area contributed by atoms with E-state index in [-0.39, 0.29) is 5.75 Å². The van der Waals surface area contributed by atoms with E-state index < -0.39 is 19.8 Å². The molecule has 6 heteroatoms. The number of halogens is 2. The molecular formula is C10H10BrClO3S. The van der Waals surface area contributed by atoms with Gasteiger partial charge < -0.3 is 0 Å². The Morgan fingerprint density at radius 1 is 1.38 bits per heavy atom. The molecule has 0 radical (unpaired) electrons. The predicted octanol–water partition coefficient (Wildman–Crippen LogP) is 2.68. The molecule has 0 N–H and O–H groups in total. The van der Waals surface area contributed by atoms with E-state index in [9.17, 15) is 13.2 Å². The maximum atomic E-state index is 11.8. The first-order valence-corrected chi connectivity index (χ1v) is 7.55. The maximum Gasteiger partial charge on any atom is 0.191 e. The van der Waals surface area contributed by atoms with Gasteiger partial charge in [-0.2, -0.15) is 0 Å². The van der Waals surface area contributed by atoms with E-state index in [1.165, 1.54) is 19.1 Å². The molecule has 0 aromatic heterocycles. The lowest BCUT2D eigenvalue weighted by atomic mass is 10.1. The molecule has 1 atom stereocenters. The van der Waals surface area contributed by atoms with Crippen LogP contribution in [-0.2, 0) is 9.84 Å². The topological polar surface area (TPSA) is 51.2 Å². The van der Waals surface area contributed by atoms with Crippen LogP contribution in [0.3, 0.4) is 0 Å². The van der Waals surface area contributed by atoms with Gasteiger partial charge in [-0.05, 0) is 24.3 Å². The first-order chi connectivity index (χ1) is 7.38. The van der Waals surface area contributed by atoms with Gasteiger partial charge in [0.15, 0.2) is 19.8 Å². The van der Waals surface area contributed by atoms with Crippen molar-refractivity contribution in [1.29, 1.82) is 0 Å². The maximum absolute atomic E-state index is 11.8. The summed E-state index contributed by atoms with van der Waals surface area (Å²) in [6.07, 6.45) is 0. The zero-order valence-electron chi connectivity index (χ0n) is 8.48. The second-order valence-electron chi connectivity index (χ2n) is 3.14. The molecule has 0 spiro atoms. The minimum Gasteiger partial charge on any atom is -0.292 e. The highest BCUT2D eigenvalue weighted by molar-refractivity contribution is 9.11. The van der Waals surface area contributed by atoms with E-state index in [0.29, 0.717) is 10.6 Å². The Bertz CT molecular complexity index is 481. The highest BCUT2D eigenvalue weighted by Gasteiger charge is 2.28. The van der Waals surface area contributed by atoms with Crippen LogP contribution in [0.1, 0.15) is 17.3 Å². The van der Waals surface area contributed by atoms with Crippen molar-refractivity contribution in [3.05, 3.63) is 34.9 Å². The zero-order valence-corrected chi connectivity index (χ0v) is 11.6. The smallest absolute Gasteiger partial charge is 0.191 e. The number of hydrogen-bond acceptors (Lipinski definition) is 3. The summed E-state index contributed by atoms with van der Waals surface area (Å²) in [5.74, 6) is -0.555. The first-order valence-electron chi connectivity index (χ1n) is 4.54. The summed E-state index contributed by atoms with van der Waals surface area (Å²) in [5.41, 5.74) is 0.323. The fourth-order valence-corrected chi connectivity index (χ4v) is 2.99. The van der Waals surface area contributed by atoms with E-state index in [0.717, 1.165) is 0 Å². The summed E-state index contributed by atoms with van der Waals surface area (Å²) in [6, 6.07) is 6.11. The Morgan fingerprint density at radius 3 is 2.31 bits per heavy atom. The fourth-order valence-electron chi connectivity index (χ4n) is 1.05. The van der Waals surface area contributed by atoms with Crippen molar-refractivity contribution in [2.45, 2.75) is 11.1 Å². The second-order valence-corrected chi connectivity index (χ2v) is 7.47. The molecule has 0 saturated carbocycles. The lowest BCUT2D eigenvalue weighted by molar-refractivity contribution is 0.101. The van der Waals surface area contributed by atoms with E-state index >= 15 is 0 Å². The van der Waals surface area contributed by atoms with Crippen LogP contribution in [-0.4, -0.2) is 24.1 Å². The largest absolute Gasteiger partial charge is 0.292 e. The summed E-state index contributed by atoms with van der Waals surface area (Å²) in [4.78, 5) is 11.8. The number of sulfone groups is 1. The molecule has 0 aliphatic carbocycles. The van der Waals surface area contributed by atoms with Crippen LogP contribution < -0.4 is 0 Å². The van der Waals surface area contributed by atoms with Crippen LogP contribution in [0.4, 0.5) is 0 Å². The van der Waals surface area contributed by atoms with Gasteiger partial charge in [-0.25, -0.2) is 8.42 Å². The molecule has 0 bridgehead atoms. The van der Waals surface area contributed by atoms with Crippen molar-refractivity contribution in [1.82, 2.24) is 0 Å². The van der Waals surface area contributed by atoms with E-state index in [2.05, 4.69) is 15.9 Å². The zero-order chi connectivity index (χ0) is 12.3. The van der Waals surface area contributed by atoms with Gasteiger partial charge >= 0.3 is 0 Å². The molecule has 16 heavy (non-hydrogen) atoms. The molecule has 1 aromatic carbocycles. The summed E-state index contributed by atoms with van der Waals surface area (Å²) < 4.78 is 21.8. The van der Waals surface area contributed by atoms with Crippen molar-refractivity contribution in [2.75, 3.05) is 5.75 Å². The number of Topliss-reactive ketones (excluding diaryl/α,β-unsaturated/α-hetero) is 1. The number of rotatable bonds is 4. The molecule has 1 aromatic rings. The molecular weight excluding hydrogens is 316 g/mol. The van der Waals surface area contributed by atoms with Gasteiger partial charge in [-0.1, -0.05) is 34.5 Å². The molecule has 0 saturated heterocycles. The quantitative estimate of drug-likeness (QED) is 0.632. The predicted molar refractivity (Wildman–Crippen MR) is 68.0 cm³/mol. The van der Waals surface area contributed by atoms with Gasteiger partial charge in [-0.3, -0.25) is 4.79 Å². The van der Waals surface area contributed by atoms with Gasteiger partial charge in [-0.15, -0.1) is 0 Å². The van der Waals surface area contributed by atoms with Crippen molar-refractivity contribution >= 4 is 43.2 Å². The van der Waals surface area contributed by atoms with Crippen LogP contribution in [0.15, 0.2) is 24.3 Å². The molecule has 3 nitrogen and oxygen atoms in total. The molecule has 0 aliphatic heterocycles. The Balaban J connectivity index is 2.99. The monoisotopic (exact) mass is 324 g/mol. The molecule has 0 amide bonds. The van der Waals surface area contributed by atoms with Crippen molar-refractivity contribution in [3.8, 4) is 0 Å². The standard InChI is InChI=1S/C10H10BrClO3S/c1-2-16(14,15)10(11)9(13)7-3-5-8(12)6-4-7/h3-6,10H,2H2,1H3. The summed E-state index contributed by atoms with van der Waals surface area (Å²) in [5, 5.41) is 0.501. The lowest BCUT2D eigenvalue weighted by Crippen LogP contribution is -2.26. The number of ketones is 1. The molecule has 88 valence electrons. The summed E-state index contributed by atoms with van der Waals surface area (Å²) in [7, 11) is -3.42. The second kappa shape index (κ2) is 5.29. The van der Waals surface area contributed by atoms with Crippen LogP contribution in [0.5, 0.6) is 0 Å². The molecule has 1 unspecified atom stereocenters. The Labute approximate surface area is 108 Å². The molecule has 0 fully saturated rings. The Hall–Kier alpha value is -0.390. The van der Waals surface area contributed by atoms with Gasteiger partial charge in [0.1, 0.15) is 0 Å². The van der Waals surface area contributed by atoms with Gasteiger partial charge in [0.2, 0.25) is 0 Å². The van der Waals surface area contributed by atoms with Gasteiger partial charge in [0, 0.05) is 16.3 Å². The summed E-state index contributed by atoms with van der Waals surface area (Å²) >= 11 is 8.58. The van der Waals surface area contributed by atoms with E-state index in [1.54, 1.807) is 12.1 Å².